The van der Waals surface area contributed by atoms with Gasteiger partial charge in [0.1, 0.15) is 5.52 Å². The van der Waals surface area contributed by atoms with Crippen LogP contribution >= 0.6 is 0 Å². The molecule has 1 aliphatic carbocycles. The van der Waals surface area contributed by atoms with E-state index >= 15 is 0 Å². The van der Waals surface area contributed by atoms with Gasteiger partial charge in [-0.15, -0.1) is 5.10 Å². The number of aromatic amines is 1. The Balaban J connectivity index is 1.20. The molecule has 28 heavy (non-hydrogen) atoms. The number of ketones is 1. The number of aromatic nitrogens is 3. The molecule has 2 fully saturated rings. The van der Waals surface area contributed by atoms with Gasteiger partial charge >= 0.3 is 0 Å². The molecule has 1 aliphatic heterocycles. The Bertz CT molecular complexity index is 986. The number of nitrogens with zero attached hydrogens (tertiary/aromatic N) is 3. The van der Waals surface area contributed by atoms with Crippen LogP contribution in [0.1, 0.15) is 28.8 Å². The van der Waals surface area contributed by atoms with Gasteiger partial charge in [0.25, 0.3) is 0 Å². The summed E-state index contributed by atoms with van der Waals surface area (Å²) in [5, 5.41) is 21.6. The van der Waals surface area contributed by atoms with Gasteiger partial charge in [-0.1, -0.05) is 35.5 Å². The summed E-state index contributed by atoms with van der Waals surface area (Å²) in [5.74, 6) is 1.06. The lowest BCUT2D eigenvalue weighted by Crippen LogP contribution is -2.34. The van der Waals surface area contributed by atoms with Crippen molar-refractivity contribution in [1.29, 1.82) is 0 Å². The maximum atomic E-state index is 12.7. The first-order chi connectivity index (χ1) is 13.6. The molecule has 1 saturated carbocycles. The molecule has 0 amide bonds. The second-order valence-electron chi connectivity index (χ2n) is 8.48. The molecule has 0 bridgehead atoms. The monoisotopic (exact) mass is 376 g/mol. The lowest BCUT2D eigenvalue weighted by atomic mass is 9.91. The van der Waals surface area contributed by atoms with Crippen molar-refractivity contribution in [2.45, 2.75) is 24.9 Å². The number of benzene rings is 2. The standard InChI is InChI=1S/C22H24N4O2/c27-21(16-6-7-19-20(8-16)24-25-23-19)14-26-12-17-10-22(28,11-18(17)13-26)9-15-4-2-1-3-5-15/h1-8,17-18,28H,9-14H2,(H,23,24,25)/t17-,18+,22-. The van der Waals surface area contributed by atoms with Gasteiger partial charge in [0, 0.05) is 25.1 Å². The minimum atomic E-state index is -0.606. The van der Waals surface area contributed by atoms with Crippen molar-refractivity contribution in [1.82, 2.24) is 20.3 Å². The minimum absolute atomic E-state index is 0.115. The zero-order valence-electron chi connectivity index (χ0n) is 15.7. The van der Waals surface area contributed by atoms with E-state index < -0.39 is 5.60 Å². The molecule has 3 atom stereocenters. The predicted octanol–water partition coefficient (Wildman–Crippen LogP) is 2.46. The summed E-state index contributed by atoms with van der Waals surface area (Å²) in [4.78, 5) is 14.9. The Hall–Kier alpha value is -2.57. The zero-order chi connectivity index (χ0) is 19.1. The molecular weight excluding hydrogens is 352 g/mol. The number of fused-ring (bicyclic) bond motifs is 2. The third-order valence-electron chi connectivity index (χ3n) is 6.33. The first kappa shape index (κ1) is 17.5. The van der Waals surface area contributed by atoms with Crippen LogP contribution in [-0.4, -0.2) is 56.4 Å². The molecule has 0 radical (unpaired) electrons. The normalized spacial score (nSPS) is 27.3. The molecular formula is C22H24N4O2. The first-order valence-electron chi connectivity index (χ1n) is 9.91. The minimum Gasteiger partial charge on any atom is -0.390 e. The van der Waals surface area contributed by atoms with Crippen LogP contribution < -0.4 is 0 Å². The average molecular weight is 376 g/mol. The molecule has 0 spiro atoms. The van der Waals surface area contributed by atoms with Crippen LogP contribution in [-0.2, 0) is 6.42 Å². The molecule has 2 aliphatic rings. The molecule has 1 aromatic heterocycles. The Labute approximate surface area is 163 Å². The predicted molar refractivity (Wildman–Crippen MR) is 106 cm³/mol. The fourth-order valence-electron chi connectivity index (χ4n) is 5.12. The number of H-pyrrole nitrogens is 1. The summed E-state index contributed by atoms with van der Waals surface area (Å²) in [7, 11) is 0. The summed E-state index contributed by atoms with van der Waals surface area (Å²) in [6.45, 7) is 2.20. The summed E-state index contributed by atoms with van der Waals surface area (Å²) >= 11 is 0. The Kier molecular flexibility index (Phi) is 4.25. The van der Waals surface area contributed by atoms with Crippen molar-refractivity contribution in [2.24, 2.45) is 11.8 Å². The zero-order valence-corrected chi connectivity index (χ0v) is 15.7. The summed E-state index contributed by atoms with van der Waals surface area (Å²) < 4.78 is 0. The molecule has 5 rings (SSSR count). The van der Waals surface area contributed by atoms with E-state index in [0.29, 0.717) is 23.9 Å². The molecule has 6 nitrogen and oxygen atoms in total. The van der Waals surface area contributed by atoms with E-state index in [2.05, 4.69) is 32.4 Å². The maximum Gasteiger partial charge on any atom is 0.176 e. The van der Waals surface area contributed by atoms with E-state index in [1.807, 2.05) is 30.3 Å². The van der Waals surface area contributed by atoms with E-state index in [-0.39, 0.29) is 5.78 Å². The van der Waals surface area contributed by atoms with Crippen molar-refractivity contribution >= 4 is 16.8 Å². The molecule has 2 aromatic carbocycles. The fraction of sp³-hybridized carbons (Fsp3) is 0.409. The van der Waals surface area contributed by atoms with Crippen LogP contribution in [0.4, 0.5) is 0 Å². The van der Waals surface area contributed by atoms with Crippen LogP contribution in [0, 0.1) is 11.8 Å². The third-order valence-corrected chi connectivity index (χ3v) is 6.33. The van der Waals surface area contributed by atoms with E-state index in [1.165, 1.54) is 5.56 Å². The summed E-state index contributed by atoms with van der Waals surface area (Å²) in [6.07, 6.45) is 2.36. The largest absolute Gasteiger partial charge is 0.390 e. The van der Waals surface area contributed by atoms with Gasteiger partial charge in [-0.3, -0.25) is 14.8 Å². The van der Waals surface area contributed by atoms with Crippen molar-refractivity contribution in [2.75, 3.05) is 19.6 Å². The number of nitrogens with one attached hydrogen (secondary N) is 1. The highest BCUT2D eigenvalue weighted by Gasteiger charge is 2.48. The molecule has 0 unspecified atom stereocenters. The van der Waals surface area contributed by atoms with Crippen molar-refractivity contribution < 1.29 is 9.90 Å². The molecule has 144 valence electrons. The highest BCUT2D eigenvalue weighted by Crippen LogP contribution is 2.45. The van der Waals surface area contributed by atoms with Gasteiger partial charge in [-0.25, -0.2) is 0 Å². The number of rotatable bonds is 5. The van der Waals surface area contributed by atoms with E-state index in [4.69, 9.17) is 0 Å². The lowest BCUT2D eigenvalue weighted by molar-refractivity contribution is 0.0355. The number of Topliss-reactive ketones (excluding diaryl/α,β-unsaturated/α-hetero) is 1. The third kappa shape index (κ3) is 3.34. The smallest absolute Gasteiger partial charge is 0.176 e. The Morgan fingerprint density at radius 1 is 1.14 bits per heavy atom. The van der Waals surface area contributed by atoms with E-state index in [9.17, 15) is 9.90 Å². The summed E-state index contributed by atoms with van der Waals surface area (Å²) in [5.41, 5.74) is 2.82. The van der Waals surface area contributed by atoms with Gasteiger partial charge < -0.3 is 5.11 Å². The van der Waals surface area contributed by atoms with E-state index in [0.717, 1.165) is 43.4 Å². The lowest BCUT2D eigenvalue weighted by Gasteiger charge is -2.26. The van der Waals surface area contributed by atoms with E-state index in [1.54, 1.807) is 6.07 Å². The van der Waals surface area contributed by atoms with Crippen LogP contribution in [0.25, 0.3) is 11.0 Å². The van der Waals surface area contributed by atoms with Gasteiger partial charge in [-0.05, 0) is 48.4 Å². The second kappa shape index (κ2) is 6.79. The van der Waals surface area contributed by atoms with Gasteiger partial charge in [0.2, 0.25) is 0 Å². The second-order valence-corrected chi connectivity index (χ2v) is 8.48. The highest BCUT2D eigenvalue weighted by atomic mass is 16.3. The molecule has 2 heterocycles. The average Bonchev–Trinajstić information content (AvgIpc) is 3.35. The van der Waals surface area contributed by atoms with Crippen LogP contribution in [0.15, 0.2) is 48.5 Å². The highest BCUT2D eigenvalue weighted by molar-refractivity contribution is 6.00. The number of aliphatic hydroxyl groups is 1. The van der Waals surface area contributed by atoms with Crippen LogP contribution in [0.3, 0.4) is 0 Å². The number of carbonyl (C=O) groups excluding carboxylic acids is 1. The van der Waals surface area contributed by atoms with Crippen molar-refractivity contribution in [3.05, 3.63) is 59.7 Å². The topological polar surface area (TPSA) is 82.1 Å². The molecule has 6 heteroatoms. The Morgan fingerprint density at radius 2 is 1.89 bits per heavy atom. The SMILES string of the molecule is O=C(CN1C[C@@H]2C[C@@](O)(Cc3ccccc3)C[C@@H]2C1)c1ccc2[nH]nnc2c1. The number of hydrogen-bond acceptors (Lipinski definition) is 5. The number of carbonyl (C=O) groups is 1. The van der Waals surface area contributed by atoms with Crippen molar-refractivity contribution in [3.8, 4) is 0 Å². The van der Waals surface area contributed by atoms with Crippen LogP contribution in [0.2, 0.25) is 0 Å². The first-order valence-corrected chi connectivity index (χ1v) is 9.91. The Morgan fingerprint density at radius 3 is 2.64 bits per heavy atom. The number of hydrogen-bond donors (Lipinski definition) is 2. The van der Waals surface area contributed by atoms with Gasteiger partial charge in [-0.2, -0.15) is 0 Å². The molecule has 3 aromatic rings. The quantitative estimate of drug-likeness (QED) is 0.669. The van der Waals surface area contributed by atoms with Crippen molar-refractivity contribution in [3.63, 3.8) is 0 Å². The molecule has 1 saturated heterocycles. The summed E-state index contributed by atoms with van der Waals surface area (Å²) in [6, 6.07) is 15.7. The van der Waals surface area contributed by atoms with Gasteiger partial charge in [0.15, 0.2) is 5.78 Å². The maximum absolute atomic E-state index is 12.7. The number of likely N-dealkylation sites (tertiary alicyclic amines) is 1. The van der Waals surface area contributed by atoms with Gasteiger partial charge in [0.05, 0.1) is 17.7 Å². The molecule has 2 N–H and O–H groups in total. The fourth-order valence-corrected chi connectivity index (χ4v) is 5.12. The van der Waals surface area contributed by atoms with Crippen LogP contribution in [0.5, 0.6) is 0 Å².